The molecule has 1 aromatic carbocycles. The normalized spacial score (nSPS) is 20.0. The standard InChI is InChI=1S/C13H14BrN3O2/c14-10-3-1-2-9(6-10)13-16-15-12(19-13)8-17-5-4-11(18)7-17/h1-3,6,11,18H,4-5,7-8H2/t11-/m0/s1. The summed E-state index contributed by atoms with van der Waals surface area (Å²) in [5.41, 5.74) is 0.898. The van der Waals surface area contributed by atoms with Crippen LogP contribution >= 0.6 is 15.9 Å². The van der Waals surface area contributed by atoms with E-state index < -0.39 is 0 Å². The fourth-order valence-corrected chi connectivity index (χ4v) is 2.60. The van der Waals surface area contributed by atoms with E-state index >= 15 is 0 Å². The first-order chi connectivity index (χ1) is 9.20. The number of hydrogen-bond donors (Lipinski definition) is 1. The van der Waals surface area contributed by atoms with Crippen LogP contribution in [0.25, 0.3) is 11.5 Å². The zero-order chi connectivity index (χ0) is 13.2. The quantitative estimate of drug-likeness (QED) is 0.936. The molecule has 1 aromatic heterocycles. The van der Waals surface area contributed by atoms with Gasteiger partial charge in [-0.1, -0.05) is 22.0 Å². The molecule has 3 rings (SSSR count). The van der Waals surface area contributed by atoms with E-state index in [4.69, 9.17) is 4.42 Å². The fourth-order valence-electron chi connectivity index (χ4n) is 2.20. The molecule has 0 bridgehead atoms. The second kappa shape index (κ2) is 5.40. The molecule has 100 valence electrons. The van der Waals surface area contributed by atoms with E-state index in [1.807, 2.05) is 24.3 Å². The van der Waals surface area contributed by atoms with Crippen molar-refractivity contribution in [3.05, 3.63) is 34.6 Å². The molecule has 6 heteroatoms. The second-order valence-electron chi connectivity index (χ2n) is 4.69. The third kappa shape index (κ3) is 3.02. The molecule has 1 aliphatic heterocycles. The van der Waals surface area contributed by atoms with Crippen molar-refractivity contribution in [1.82, 2.24) is 15.1 Å². The Morgan fingerprint density at radius 2 is 2.32 bits per heavy atom. The molecule has 0 saturated carbocycles. The van der Waals surface area contributed by atoms with Gasteiger partial charge in [-0.3, -0.25) is 4.90 Å². The number of hydrogen-bond acceptors (Lipinski definition) is 5. The summed E-state index contributed by atoms with van der Waals surface area (Å²) >= 11 is 3.42. The molecular formula is C13H14BrN3O2. The van der Waals surface area contributed by atoms with E-state index in [-0.39, 0.29) is 6.10 Å². The fraction of sp³-hybridized carbons (Fsp3) is 0.385. The van der Waals surface area contributed by atoms with Gasteiger partial charge in [-0.15, -0.1) is 10.2 Å². The highest BCUT2D eigenvalue weighted by Crippen LogP contribution is 2.22. The number of halogens is 1. The molecule has 2 aromatic rings. The molecule has 1 saturated heterocycles. The molecule has 1 fully saturated rings. The number of likely N-dealkylation sites (tertiary alicyclic amines) is 1. The minimum Gasteiger partial charge on any atom is -0.419 e. The van der Waals surface area contributed by atoms with Crippen LogP contribution < -0.4 is 0 Å². The molecule has 0 spiro atoms. The summed E-state index contributed by atoms with van der Waals surface area (Å²) in [5, 5.41) is 17.6. The summed E-state index contributed by atoms with van der Waals surface area (Å²) in [6.07, 6.45) is 0.583. The third-order valence-electron chi connectivity index (χ3n) is 3.14. The maximum Gasteiger partial charge on any atom is 0.247 e. The van der Waals surface area contributed by atoms with Crippen LogP contribution in [0.15, 0.2) is 33.2 Å². The van der Waals surface area contributed by atoms with Crippen LogP contribution in [0.3, 0.4) is 0 Å². The Balaban J connectivity index is 1.73. The average molecular weight is 324 g/mol. The molecule has 1 atom stereocenters. The molecule has 1 aliphatic rings. The zero-order valence-corrected chi connectivity index (χ0v) is 11.9. The van der Waals surface area contributed by atoms with Crippen LogP contribution in [0.1, 0.15) is 12.3 Å². The van der Waals surface area contributed by atoms with Crippen molar-refractivity contribution < 1.29 is 9.52 Å². The van der Waals surface area contributed by atoms with Gasteiger partial charge in [0.25, 0.3) is 0 Å². The smallest absolute Gasteiger partial charge is 0.247 e. The topological polar surface area (TPSA) is 62.4 Å². The Morgan fingerprint density at radius 3 is 3.05 bits per heavy atom. The first-order valence-corrected chi connectivity index (χ1v) is 6.99. The summed E-state index contributed by atoms with van der Waals surface area (Å²) < 4.78 is 6.63. The minimum atomic E-state index is -0.229. The molecule has 2 heterocycles. The average Bonchev–Trinajstić information content (AvgIpc) is 2.99. The first kappa shape index (κ1) is 12.8. The van der Waals surface area contributed by atoms with Gasteiger partial charge in [-0.2, -0.15) is 0 Å². The molecule has 0 radical (unpaired) electrons. The van der Waals surface area contributed by atoms with Crippen molar-refractivity contribution in [2.24, 2.45) is 0 Å². The molecule has 0 aliphatic carbocycles. The lowest BCUT2D eigenvalue weighted by molar-refractivity contribution is 0.171. The Hall–Kier alpha value is -1.24. The predicted octanol–water partition coefficient (Wildman–Crippen LogP) is 2.07. The number of nitrogens with zero attached hydrogens (tertiary/aromatic N) is 3. The van der Waals surface area contributed by atoms with Gasteiger partial charge in [0.1, 0.15) is 0 Å². The second-order valence-corrected chi connectivity index (χ2v) is 5.60. The Labute approximate surface area is 119 Å². The lowest BCUT2D eigenvalue weighted by Crippen LogP contribution is -2.21. The molecular weight excluding hydrogens is 310 g/mol. The number of aliphatic hydroxyl groups excluding tert-OH is 1. The monoisotopic (exact) mass is 323 g/mol. The van der Waals surface area contributed by atoms with Gasteiger partial charge in [0.05, 0.1) is 12.6 Å². The van der Waals surface area contributed by atoms with Gasteiger partial charge in [0.15, 0.2) is 0 Å². The van der Waals surface area contributed by atoms with Gasteiger partial charge >= 0.3 is 0 Å². The summed E-state index contributed by atoms with van der Waals surface area (Å²) in [4.78, 5) is 2.11. The van der Waals surface area contributed by atoms with Gasteiger partial charge < -0.3 is 9.52 Å². The number of aliphatic hydroxyl groups is 1. The van der Waals surface area contributed by atoms with Crippen LogP contribution in [0.2, 0.25) is 0 Å². The van der Waals surface area contributed by atoms with Crippen molar-refractivity contribution in [3.8, 4) is 11.5 Å². The maximum absolute atomic E-state index is 9.48. The van der Waals surface area contributed by atoms with Crippen molar-refractivity contribution in [2.75, 3.05) is 13.1 Å². The van der Waals surface area contributed by atoms with Gasteiger partial charge in [0.2, 0.25) is 11.8 Å². The van der Waals surface area contributed by atoms with E-state index in [2.05, 4.69) is 31.0 Å². The molecule has 5 nitrogen and oxygen atoms in total. The Bertz CT molecular complexity index is 573. The molecule has 0 amide bonds. The van der Waals surface area contributed by atoms with Crippen LogP contribution in [0, 0.1) is 0 Å². The first-order valence-electron chi connectivity index (χ1n) is 6.19. The van der Waals surface area contributed by atoms with E-state index in [0.29, 0.717) is 24.9 Å². The highest BCUT2D eigenvalue weighted by Gasteiger charge is 2.22. The van der Waals surface area contributed by atoms with E-state index in [9.17, 15) is 5.11 Å². The molecule has 1 N–H and O–H groups in total. The van der Waals surface area contributed by atoms with Gasteiger partial charge in [0, 0.05) is 23.1 Å². The molecule has 19 heavy (non-hydrogen) atoms. The third-order valence-corrected chi connectivity index (χ3v) is 3.64. The van der Waals surface area contributed by atoms with Gasteiger partial charge in [-0.05, 0) is 24.6 Å². The minimum absolute atomic E-state index is 0.229. The van der Waals surface area contributed by atoms with Crippen LogP contribution in [0.4, 0.5) is 0 Å². The van der Waals surface area contributed by atoms with Crippen LogP contribution in [0.5, 0.6) is 0 Å². The SMILES string of the molecule is O[C@H]1CCN(Cc2nnc(-c3cccc(Br)c3)o2)C1. The largest absolute Gasteiger partial charge is 0.419 e. The lowest BCUT2D eigenvalue weighted by atomic mass is 10.2. The number of β-amino-alcohol motifs (C(OH)–C–C–N with tert-alkyl or cyclic N) is 1. The summed E-state index contributed by atoms with van der Waals surface area (Å²) in [6.45, 7) is 2.14. The summed E-state index contributed by atoms with van der Waals surface area (Å²) in [5.74, 6) is 1.11. The van der Waals surface area contributed by atoms with E-state index in [1.165, 1.54) is 0 Å². The maximum atomic E-state index is 9.48. The lowest BCUT2D eigenvalue weighted by Gasteiger charge is -2.10. The van der Waals surface area contributed by atoms with Crippen LogP contribution in [-0.4, -0.2) is 39.4 Å². The van der Waals surface area contributed by atoms with Crippen molar-refractivity contribution in [3.63, 3.8) is 0 Å². The summed E-state index contributed by atoms with van der Waals surface area (Å²) in [7, 11) is 0. The van der Waals surface area contributed by atoms with Crippen molar-refractivity contribution >= 4 is 15.9 Å². The highest BCUT2D eigenvalue weighted by atomic mass is 79.9. The van der Waals surface area contributed by atoms with Crippen molar-refractivity contribution in [2.45, 2.75) is 19.1 Å². The zero-order valence-electron chi connectivity index (χ0n) is 10.3. The Kier molecular flexibility index (Phi) is 3.63. The highest BCUT2D eigenvalue weighted by molar-refractivity contribution is 9.10. The Morgan fingerprint density at radius 1 is 1.42 bits per heavy atom. The number of benzene rings is 1. The van der Waals surface area contributed by atoms with E-state index in [0.717, 1.165) is 23.0 Å². The number of aromatic nitrogens is 2. The predicted molar refractivity (Wildman–Crippen MR) is 73.3 cm³/mol. The van der Waals surface area contributed by atoms with Crippen LogP contribution in [-0.2, 0) is 6.54 Å². The summed E-state index contributed by atoms with van der Waals surface area (Å²) in [6, 6.07) is 7.76. The van der Waals surface area contributed by atoms with Gasteiger partial charge in [-0.25, -0.2) is 0 Å². The van der Waals surface area contributed by atoms with E-state index in [1.54, 1.807) is 0 Å². The molecule has 0 unspecified atom stereocenters. The van der Waals surface area contributed by atoms with Crippen molar-refractivity contribution in [1.29, 1.82) is 0 Å². The number of rotatable bonds is 3.